The topological polar surface area (TPSA) is 58.1 Å². The van der Waals surface area contributed by atoms with Crippen LogP contribution in [0.3, 0.4) is 0 Å². The smallest absolute Gasteiger partial charge is 0.251 e. The van der Waals surface area contributed by atoms with E-state index in [1.807, 2.05) is 64.3 Å². The van der Waals surface area contributed by atoms with Gasteiger partial charge in [0.05, 0.1) is 22.4 Å². The number of likely N-dealkylation sites (N-methyl/N-ethyl adjacent to an activating group) is 1. The monoisotopic (exact) mass is 362 g/mol. The maximum Gasteiger partial charge on any atom is 0.251 e. The summed E-state index contributed by atoms with van der Waals surface area (Å²) in [5.74, 6) is -0.0863. The van der Waals surface area contributed by atoms with Crippen LogP contribution in [0.1, 0.15) is 27.3 Å². The molecule has 1 N–H and O–H groups in total. The van der Waals surface area contributed by atoms with Crippen molar-refractivity contribution in [2.45, 2.75) is 26.3 Å². The van der Waals surface area contributed by atoms with Crippen molar-refractivity contribution in [3.05, 3.63) is 71.0 Å². The van der Waals surface area contributed by atoms with E-state index in [4.69, 9.17) is 0 Å². The zero-order valence-electron chi connectivity index (χ0n) is 16.4. The fourth-order valence-electron chi connectivity index (χ4n) is 3.01. The fraction of sp³-hybridized carbons (Fsp3) is 0.318. The second kappa shape index (κ2) is 8.27. The molecule has 5 heteroatoms. The Bertz CT molecular complexity index is 938. The van der Waals surface area contributed by atoms with Gasteiger partial charge >= 0.3 is 0 Å². The summed E-state index contributed by atoms with van der Waals surface area (Å²) in [4.78, 5) is 23.9. The first-order valence-corrected chi connectivity index (χ1v) is 9.17. The molecule has 27 heavy (non-hydrogen) atoms. The first-order valence-electron chi connectivity index (χ1n) is 9.17. The summed E-state index contributed by atoms with van der Waals surface area (Å²) in [6.45, 7) is 4.45. The lowest BCUT2D eigenvalue weighted by Gasteiger charge is -2.24. The number of amides is 1. The van der Waals surface area contributed by atoms with E-state index in [1.165, 1.54) is 5.56 Å². The van der Waals surface area contributed by atoms with Gasteiger partial charge in [0.15, 0.2) is 0 Å². The molecule has 0 saturated heterocycles. The molecule has 0 saturated carbocycles. The first-order chi connectivity index (χ1) is 12.9. The highest BCUT2D eigenvalue weighted by molar-refractivity contribution is 5.97. The van der Waals surface area contributed by atoms with E-state index >= 15 is 0 Å². The highest BCUT2D eigenvalue weighted by atomic mass is 16.1. The third-order valence-electron chi connectivity index (χ3n) is 4.88. The van der Waals surface area contributed by atoms with Gasteiger partial charge in [-0.2, -0.15) is 0 Å². The number of hydrogen-bond donors (Lipinski definition) is 1. The molecule has 0 spiro atoms. The van der Waals surface area contributed by atoms with Crippen molar-refractivity contribution in [3.63, 3.8) is 0 Å². The Labute approximate surface area is 160 Å². The van der Waals surface area contributed by atoms with Crippen LogP contribution in [0.2, 0.25) is 0 Å². The molecule has 3 aromatic rings. The van der Waals surface area contributed by atoms with Crippen LogP contribution < -0.4 is 5.32 Å². The molecule has 2 aromatic carbocycles. The quantitative estimate of drug-likeness (QED) is 0.732. The van der Waals surface area contributed by atoms with E-state index in [0.717, 1.165) is 28.8 Å². The summed E-state index contributed by atoms with van der Waals surface area (Å²) in [5.41, 5.74) is 5.23. The van der Waals surface area contributed by atoms with E-state index in [1.54, 1.807) is 0 Å². The number of carbonyl (C=O) groups is 1. The predicted octanol–water partition coefficient (Wildman–Crippen LogP) is 3.15. The van der Waals surface area contributed by atoms with Crippen molar-refractivity contribution in [1.29, 1.82) is 0 Å². The summed E-state index contributed by atoms with van der Waals surface area (Å²) in [6, 6.07) is 16.0. The standard InChI is InChI=1S/C22H26N4O/c1-15-16(2)25-21-13-18(10-11-20(21)24-15)22(27)23-14-19(26(3)4)12-17-8-6-5-7-9-17/h5-11,13,19H,12,14H2,1-4H3,(H,23,27). The van der Waals surface area contributed by atoms with Gasteiger partial charge in [-0.05, 0) is 58.1 Å². The number of fused-ring (bicyclic) bond motifs is 1. The van der Waals surface area contributed by atoms with Gasteiger partial charge in [0, 0.05) is 18.2 Å². The van der Waals surface area contributed by atoms with E-state index < -0.39 is 0 Å². The molecule has 1 unspecified atom stereocenters. The lowest BCUT2D eigenvalue weighted by atomic mass is 10.0. The average Bonchev–Trinajstić information content (AvgIpc) is 2.66. The van der Waals surface area contributed by atoms with Gasteiger partial charge in [-0.15, -0.1) is 0 Å². The Kier molecular flexibility index (Phi) is 5.81. The molecule has 0 radical (unpaired) electrons. The van der Waals surface area contributed by atoms with E-state index in [0.29, 0.717) is 12.1 Å². The molecular formula is C22H26N4O. The Morgan fingerprint density at radius 2 is 1.67 bits per heavy atom. The van der Waals surface area contributed by atoms with Gasteiger partial charge in [-0.1, -0.05) is 30.3 Å². The van der Waals surface area contributed by atoms with Gasteiger partial charge in [-0.3, -0.25) is 4.79 Å². The molecule has 0 fully saturated rings. The minimum Gasteiger partial charge on any atom is -0.350 e. The van der Waals surface area contributed by atoms with Crippen LogP contribution >= 0.6 is 0 Å². The number of aromatic nitrogens is 2. The van der Waals surface area contributed by atoms with Crippen molar-refractivity contribution in [2.24, 2.45) is 0 Å². The number of nitrogens with zero attached hydrogens (tertiary/aromatic N) is 3. The summed E-state index contributed by atoms with van der Waals surface area (Å²) in [7, 11) is 4.08. The Balaban J connectivity index is 1.70. The minimum absolute atomic E-state index is 0.0863. The molecule has 0 bridgehead atoms. The number of carbonyl (C=O) groups excluding carboxylic acids is 1. The van der Waals surface area contributed by atoms with E-state index in [2.05, 4.69) is 32.3 Å². The number of benzene rings is 2. The molecule has 1 amide bonds. The van der Waals surface area contributed by atoms with Crippen molar-refractivity contribution < 1.29 is 4.79 Å². The third-order valence-corrected chi connectivity index (χ3v) is 4.88. The largest absolute Gasteiger partial charge is 0.350 e. The fourth-order valence-corrected chi connectivity index (χ4v) is 3.01. The number of nitrogens with one attached hydrogen (secondary N) is 1. The minimum atomic E-state index is -0.0863. The molecule has 0 aliphatic carbocycles. The van der Waals surface area contributed by atoms with Crippen LogP contribution in [0.4, 0.5) is 0 Å². The van der Waals surface area contributed by atoms with Crippen molar-refractivity contribution >= 4 is 16.9 Å². The van der Waals surface area contributed by atoms with Crippen LogP contribution in [0.5, 0.6) is 0 Å². The van der Waals surface area contributed by atoms with Gasteiger partial charge in [-0.25, -0.2) is 9.97 Å². The second-order valence-corrected chi connectivity index (χ2v) is 7.12. The summed E-state index contributed by atoms with van der Waals surface area (Å²) in [6.07, 6.45) is 0.885. The van der Waals surface area contributed by atoms with Gasteiger partial charge in [0.1, 0.15) is 0 Å². The van der Waals surface area contributed by atoms with Crippen LogP contribution in [-0.2, 0) is 6.42 Å². The molecule has 140 valence electrons. The molecule has 1 heterocycles. The van der Waals surface area contributed by atoms with Gasteiger partial charge in [0.2, 0.25) is 0 Å². The molecule has 1 aromatic heterocycles. The second-order valence-electron chi connectivity index (χ2n) is 7.12. The molecule has 3 rings (SSSR count). The number of hydrogen-bond acceptors (Lipinski definition) is 4. The molecular weight excluding hydrogens is 336 g/mol. The maximum atomic E-state index is 12.6. The van der Waals surface area contributed by atoms with Crippen LogP contribution in [-0.4, -0.2) is 47.5 Å². The first kappa shape index (κ1) is 19.0. The zero-order valence-corrected chi connectivity index (χ0v) is 16.4. The van der Waals surface area contributed by atoms with Crippen LogP contribution in [0.15, 0.2) is 48.5 Å². The SMILES string of the molecule is Cc1nc2ccc(C(=O)NCC(Cc3ccccc3)N(C)C)cc2nc1C. The number of rotatable bonds is 6. The van der Waals surface area contributed by atoms with Crippen LogP contribution in [0.25, 0.3) is 11.0 Å². The summed E-state index contributed by atoms with van der Waals surface area (Å²) >= 11 is 0. The normalized spacial score (nSPS) is 12.3. The lowest BCUT2D eigenvalue weighted by Crippen LogP contribution is -2.41. The van der Waals surface area contributed by atoms with Gasteiger partial charge < -0.3 is 10.2 Å². The third kappa shape index (κ3) is 4.68. The van der Waals surface area contributed by atoms with E-state index in [9.17, 15) is 4.79 Å². The Morgan fingerprint density at radius 1 is 1.00 bits per heavy atom. The average molecular weight is 362 g/mol. The highest BCUT2D eigenvalue weighted by Gasteiger charge is 2.15. The lowest BCUT2D eigenvalue weighted by molar-refractivity contribution is 0.0942. The molecule has 5 nitrogen and oxygen atoms in total. The highest BCUT2D eigenvalue weighted by Crippen LogP contribution is 2.14. The van der Waals surface area contributed by atoms with E-state index in [-0.39, 0.29) is 11.9 Å². The van der Waals surface area contributed by atoms with Crippen molar-refractivity contribution in [1.82, 2.24) is 20.2 Å². The maximum absolute atomic E-state index is 12.6. The molecule has 0 aliphatic heterocycles. The van der Waals surface area contributed by atoms with Crippen LogP contribution in [0, 0.1) is 13.8 Å². The number of aryl methyl sites for hydroxylation is 2. The molecule has 0 aliphatic rings. The summed E-state index contributed by atoms with van der Waals surface area (Å²) in [5, 5.41) is 3.06. The van der Waals surface area contributed by atoms with Gasteiger partial charge in [0.25, 0.3) is 5.91 Å². The predicted molar refractivity (Wildman–Crippen MR) is 109 cm³/mol. The Hall–Kier alpha value is -2.79. The Morgan fingerprint density at radius 3 is 2.33 bits per heavy atom. The molecule has 1 atom stereocenters. The summed E-state index contributed by atoms with van der Waals surface area (Å²) < 4.78 is 0. The van der Waals surface area contributed by atoms with Crippen molar-refractivity contribution in [2.75, 3.05) is 20.6 Å². The zero-order chi connectivity index (χ0) is 19.4. The van der Waals surface area contributed by atoms with Crippen molar-refractivity contribution in [3.8, 4) is 0 Å².